The summed E-state index contributed by atoms with van der Waals surface area (Å²) in [6.45, 7) is 6.55. The monoisotopic (exact) mass is 259 g/mol. The lowest BCUT2D eigenvalue weighted by Crippen LogP contribution is -2.31. The third kappa shape index (κ3) is 3.44. The van der Waals surface area contributed by atoms with Crippen LogP contribution >= 0.6 is 0 Å². The van der Waals surface area contributed by atoms with Gasteiger partial charge < -0.3 is 5.73 Å². The number of carbonyl (C=O) groups excluding carboxylic acids is 1. The maximum absolute atomic E-state index is 12.5. The maximum Gasteiger partial charge on any atom is 0.165 e. The van der Waals surface area contributed by atoms with E-state index in [0.717, 1.165) is 31.2 Å². The molecule has 0 saturated heterocycles. The van der Waals surface area contributed by atoms with Crippen molar-refractivity contribution in [2.75, 3.05) is 0 Å². The molecule has 2 unspecified atom stereocenters. The molecule has 0 spiro atoms. The highest BCUT2D eigenvalue weighted by Crippen LogP contribution is 2.28. The van der Waals surface area contributed by atoms with Gasteiger partial charge in [0.15, 0.2) is 5.78 Å². The van der Waals surface area contributed by atoms with Gasteiger partial charge in [0, 0.05) is 17.5 Å². The number of benzene rings is 1. The number of rotatable bonds is 2. The van der Waals surface area contributed by atoms with Crippen LogP contribution in [0.1, 0.15) is 62.4 Å². The molecule has 1 aromatic rings. The summed E-state index contributed by atoms with van der Waals surface area (Å²) in [5, 5.41) is 0. The molecule has 2 rings (SSSR count). The fraction of sp³-hybridized carbons (Fsp3) is 0.588. The van der Waals surface area contributed by atoms with E-state index in [9.17, 15) is 4.79 Å². The third-order valence-electron chi connectivity index (χ3n) is 4.12. The van der Waals surface area contributed by atoms with E-state index in [2.05, 4.69) is 32.9 Å². The van der Waals surface area contributed by atoms with Crippen molar-refractivity contribution in [3.05, 3.63) is 35.4 Å². The van der Waals surface area contributed by atoms with E-state index < -0.39 is 0 Å². The normalized spacial score (nSPS) is 24.2. The standard InChI is InChI=1S/C17H25NO/c1-17(2,3)14-9-7-12(8-10-14)16(19)13-5-4-6-15(18)11-13/h7-10,13,15H,4-6,11,18H2,1-3H3. The molecule has 0 aliphatic heterocycles. The minimum atomic E-state index is 0.129. The molecular weight excluding hydrogens is 234 g/mol. The van der Waals surface area contributed by atoms with Gasteiger partial charge in [-0.15, -0.1) is 0 Å². The van der Waals surface area contributed by atoms with Gasteiger partial charge in [0.1, 0.15) is 0 Å². The summed E-state index contributed by atoms with van der Waals surface area (Å²) in [7, 11) is 0. The molecule has 0 aromatic heterocycles. The molecule has 0 heterocycles. The predicted molar refractivity (Wildman–Crippen MR) is 79.4 cm³/mol. The number of hydrogen-bond donors (Lipinski definition) is 1. The Bertz CT molecular complexity index is 441. The van der Waals surface area contributed by atoms with Crippen LogP contribution in [0, 0.1) is 5.92 Å². The van der Waals surface area contributed by atoms with Gasteiger partial charge >= 0.3 is 0 Å². The molecule has 0 radical (unpaired) electrons. The summed E-state index contributed by atoms with van der Waals surface area (Å²) in [5.74, 6) is 0.403. The van der Waals surface area contributed by atoms with Crippen LogP contribution < -0.4 is 5.73 Å². The van der Waals surface area contributed by atoms with Crippen molar-refractivity contribution in [3.8, 4) is 0 Å². The van der Waals surface area contributed by atoms with Crippen molar-refractivity contribution in [1.29, 1.82) is 0 Å². The van der Waals surface area contributed by atoms with E-state index in [4.69, 9.17) is 5.73 Å². The van der Waals surface area contributed by atoms with Crippen LogP contribution in [0.4, 0.5) is 0 Å². The van der Waals surface area contributed by atoms with E-state index >= 15 is 0 Å². The topological polar surface area (TPSA) is 43.1 Å². The fourth-order valence-electron chi connectivity index (χ4n) is 2.84. The van der Waals surface area contributed by atoms with Crippen molar-refractivity contribution in [3.63, 3.8) is 0 Å². The van der Waals surface area contributed by atoms with Crippen LogP contribution in [-0.2, 0) is 5.41 Å². The predicted octanol–water partition coefficient (Wildman–Crippen LogP) is 3.68. The molecular formula is C17H25NO. The molecule has 1 aliphatic rings. The second kappa shape index (κ2) is 5.46. The lowest BCUT2D eigenvalue weighted by Gasteiger charge is -2.26. The van der Waals surface area contributed by atoms with Gasteiger partial charge in [-0.1, -0.05) is 51.5 Å². The fourth-order valence-corrected chi connectivity index (χ4v) is 2.84. The Hall–Kier alpha value is -1.15. The Morgan fingerprint density at radius 1 is 1.16 bits per heavy atom. The molecule has 1 saturated carbocycles. The Balaban J connectivity index is 2.11. The van der Waals surface area contributed by atoms with Gasteiger partial charge in [-0.25, -0.2) is 0 Å². The highest BCUT2D eigenvalue weighted by molar-refractivity contribution is 5.98. The first-order chi connectivity index (χ1) is 8.88. The minimum Gasteiger partial charge on any atom is -0.328 e. The van der Waals surface area contributed by atoms with Crippen molar-refractivity contribution < 1.29 is 4.79 Å². The van der Waals surface area contributed by atoms with E-state index in [1.54, 1.807) is 0 Å². The van der Waals surface area contributed by atoms with Crippen molar-refractivity contribution in [2.45, 2.75) is 57.9 Å². The molecule has 2 atom stereocenters. The summed E-state index contributed by atoms with van der Waals surface area (Å²) in [5.41, 5.74) is 8.21. The van der Waals surface area contributed by atoms with Gasteiger partial charge in [-0.2, -0.15) is 0 Å². The molecule has 19 heavy (non-hydrogen) atoms. The Labute approximate surface area is 116 Å². The van der Waals surface area contributed by atoms with Gasteiger partial charge in [-0.3, -0.25) is 4.79 Å². The maximum atomic E-state index is 12.5. The number of Topliss-reactive ketones (excluding diaryl/α,β-unsaturated/α-hetero) is 1. The first-order valence-corrected chi connectivity index (χ1v) is 7.28. The highest BCUT2D eigenvalue weighted by Gasteiger charge is 2.26. The van der Waals surface area contributed by atoms with Crippen LogP contribution in [0.2, 0.25) is 0 Å². The third-order valence-corrected chi connectivity index (χ3v) is 4.12. The first-order valence-electron chi connectivity index (χ1n) is 7.28. The zero-order chi connectivity index (χ0) is 14.0. The largest absolute Gasteiger partial charge is 0.328 e. The average Bonchev–Trinajstić information content (AvgIpc) is 2.37. The number of carbonyl (C=O) groups is 1. The lowest BCUT2D eigenvalue weighted by atomic mass is 9.80. The smallest absolute Gasteiger partial charge is 0.165 e. The molecule has 104 valence electrons. The second-order valence-corrected chi connectivity index (χ2v) is 6.82. The second-order valence-electron chi connectivity index (χ2n) is 6.82. The highest BCUT2D eigenvalue weighted by atomic mass is 16.1. The van der Waals surface area contributed by atoms with Crippen molar-refractivity contribution in [2.24, 2.45) is 11.7 Å². The molecule has 0 bridgehead atoms. The first kappa shape index (κ1) is 14.3. The van der Waals surface area contributed by atoms with Gasteiger partial charge in [0.25, 0.3) is 0 Å². The van der Waals surface area contributed by atoms with Gasteiger partial charge in [-0.05, 0) is 30.2 Å². The SMILES string of the molecule is CC(C)(C)c1ccc(C(=O)C2CCCC(N)C2)cc1. The lowest BCUT2D eigenvalue weighted by molar-refractivity contribution is 0.0881. The van der Waals surface area contributed by atoms with Crippen LogP contribution in [0.15, 0.2) is 24.3 Å². The molecule has 1 fully saturated rings. The summed E-state index contributed by atoms with van der Waals surface area (Å²) >= 11 is 0. The van der Waals surface area contributed by atoms with Gasteiger partial charge in [0.05, 0.1) is 0 Å². The quantitative estimate of drug-likeness (QED) is 0.823. The number of hydrogen-bond acceptors (Lipinski definition) is 2. The number of ketones is 1. The van der Waals surface area contributed by atoms with Crippen molar-refractivity contribution >= 4 is 5.78 Å². The van der Waals surface area contributed by atoms with Crippen molar-refractivity contribution in [1.82, 2.24) is 0 Å². The van der Waals surface area contributed by atoms with Crippen LogP contribution in [-0.4, -0.2) is 11.8 Å². The number of nitrogens with two attached hydrogens (primary N) is 1. The Kier molecular flexibility index (Phi) is 4.10. The van der Waals surface area contributed by atoms with Crippen LogP contribution in [0.5, 0.6) is 0 Å². The summed E-state index contributed by atoms with van der Waals surface area (Å²) < 4.78 is 0. The van der Waals surface area contributed by atoms with Crippen LogP contribution in [0.25, 0.3) is 0 Å². The van der Waals surface area contributed by atoms with Crippen LogP contribution in [0.3, 0.4) is 0 Å². The van der Waals surface area contributed by atoms with E-state index in [1.807, 2.05) is 12.1 Å². The Morgan fingerprint density at radius 3 is 2.32 bits per heavy atom. The molecule has 2 nitrogen and oxygen atoms in total. The zero-order valence-corrected chi connectivity index (χ0v) is 12.3. The molecule has 1 aliphatic carbocycles. The zero-order valence-electron chi connectivity index (χ0n) is 12.3. The molecule has 2 heteroatoms. The molecule has 0 amide bonds. The van der Waals surface area contributed by atoms with E-state index in [1.165, 1.54) is 5.56 Å². The van der Waals surface area contributed by atoms with E-state index in [-0.39, 0.29) is 23.2 Å². The minimum absolute atomic E-state index is 0.129. The molecule has 1 aromatic carbocycles. The summed E-state index contributed by atoms with van der Waals surface area (Å²) in [4.78, 5) is 12.5. The Morgan fingerprint density at radius 2 is 1.79 bits per heavy atom. The summed E-state index contributed by atoms with van der Waals surface area (Å²) in [6, 6.07) is 8.31. The van der Waals surface area contributed by atoms with Gasteiger partial charge in [0.2, 0.25) is 0 Å². The van der Waals surface area contributed by atoms with E-state index in [0.29, 0.717) is 0 Å². The molecule has 2 N–H and O–H groups in total. The average molecular weight is 259 g/mol. The summed E-state index contributed by atoms with van der Waals surface area (Å²) in [6.07, 6.45) is 3.98.